The molecular formula is C23H25N3O4S. The van der Waals surface area contributed by atoms with Crippen LogP contribution in [0, 0.1) is 20.8 Å². The third-order valence-corrected chi connectivity index (χ3v) is 5.48. The molecule has 0 saturated heterocycles. The van der Waals surface area contributed by atoms with Crippen molar-refractivity contribution in [2.75, 3.05) is 24.9 Å². The highest BCUT2D eigenvalue weighted by molar-refractivity contribution is 7.14. The molecule has 1 aromatic heterocycles. The first kappa shape index (κ1) is 22.3. The highest BCUT2D eigenvalue weighted by Crippen LogP contribution is 2.25. The molecular weight excluding hydrogens is 414 g/mol. The quantitative estimate of drug-likeness (QED) is 0.565. The van der Waals surface area contributed by atoms with Crippen molar-refractivity contribution in [1.82, 2.24) is 4.98 Å². The lowest BCUT2D eigenvalue weighted by Crippen LogP contribution is -2.16. The number of nitrogens with zero attached hydrogens (tertiary/aromatic N) is 1. The molecule has 0 atom stereocenters. The number of aromatic nitrogens is 1. The molecule has 7 nitrogen and oxygen atoms in total. The number of ether oxygens (including phenoxy) is 2. The Morgan fingerprint density at radius 1 is 0.935 bits per heavy atom. The van der Waals surface area contributed by atoms with E-state index < -0.39 is 0 Å². The van der Waals surface area contributed by atoms with E-state index in [9.17, 15) is 9.59 Å². The molecule has 0 bridgehead atoms. The van der Waals surface area contributed by atoms with Gasteiger partial charge in [0.2, 0.25) is 5.91 Å². The number of anilines is 2. The maximum Gasteiger partial charge on any atom is 0.257 e. The van der Waals surface area contributed by atoms with Gasteiger partial charge in [-0.05, 0) is 44.0 Å². The lowest BCUT2D eigenvalue weighted by Gasteiger charge is -2.12. The molecule has 1 heterocycles. The molecule has 162 valence electrons. The van der Waals surface area contributed by atoms with Gasteiger partial charge in [-0.2, -0.15) is 0 Å². The van der Waals surface area contributed by atoms with Gasteiger partial charge in [-0.3, -0.25) is 14.9 Å². The number of thiazole rings is 1. The van der Waals surface area contributed by atoms with Gasteiger partial charge in [0, 0.05) is 22.7 Å². The van der Waals surface area contributed by atoms with Crippen LogP contribution in [0.2, 0.25) is 0 Å². The molecule has 0 saturated carbocycles. The normalized spacial score (nSPS) is 10.5. The van der Waals surface area contributed by atoms with Gasteiger partial charge < -0.3 is 14.8 Å². The van der Waals surface area contributed by atoms with Crippen LogP contribution in [0.4, 0.5) is 10.8 Å². The van der Waals surface area contributed by atoms with E-state index >= 15 is 0 Å². The van der Waals surface area contributed by atoms with Crippen molar-refractivity contribution in [2.45, 2.75) is 27.2 Å². The Morgan fingerprint density at radius 3 is 2.13 bits per heavy atom. The Hall–Kier alpha value is -3.39. The van der Waals surface area contributed by atoms with Gasteiger partial charge >= 0.3 is 0 Å². The molecule has 2 N–H and O–H groups in total. The molecule has 0 aliphatic carbocycles. The summed E-state index contributed by atoms with van der Waals surface area (Å²) in [6, 6.07) is 8.99. The van der Waals surface area contributed by atoms with Crippen LogP contribution in [0.25, 0.3) is 0 Å². The summed E-state index contributed by atoms with van der Waals surface area (Å²) in [5, 5.41) is 7.89. The molecule has 3 rings (SSSR count). The molecule has 0 radical (unpaired) electrons. The number of carbonyl (C=O) groups is 2. The number of carbonyl (C=O) groups excluding carboxylic acids is 2. The lowest BCUT2D eigenvalue weighted by atomic mass is 10.0. The molecule has 2 amide bonds. The summed E-state index contributed by atoms with van der Waals surface area (Å²) < 4.78 is 10.4. The Morgan fingerprint density at radius 2 is 1.55 bits per heavy atom. The molecule has 0 unspecified atom stereocenters. The third kappa shape index (κ3) is 5.61. The van der Waals surface area contributed by atoms with Crippen molar-refractivity contribution in [3.8, 4) is 11.5 Å². The van der Waals surface area contributed by atoms with E-state index in [-0.39, 0.29) is 18.2 Å². The predicted molar refractivity (Wildman–Crippen MR) is 123 cm³/mol. The van der Waals surface area contributed by atoms with E-state index in [4.69, 9.17) is 9.47 Å². The zero-order valence-electron chi connectivity index (χ0n) is 18.2. The van der Waals surface area contributed by atoms with Gasteiger partial charge in [-0.25, -0.2) is 4.98 Å². The number of hydrogen-bond donors (Lipinski definition) is 2. The fraction of sp³-hybridized carbons (Fsp3) is 0.261. The lowest BCUT2D eigenvalue weighted by molar-refractivity contribution is -0.115. The molecule has 2 aromatic carbocycles. The SMILES string of the molecule is COc1cc(OC)cc(C(=O)Nc2nc(CC(=O)Nc3c(C)cc(C)cc3C)cs2)c1. The number of amides is 2. The summed E-state index contributed by atoms with van der Waals surface area (Å²) in [5.41, 5.74) is 4.99. The zero-order valence-corrected chi connectivity index (χ0v) is 19.0. The molecule has 0 aliphatic heterocycles. The van der Waals surface area contributed by atoms with Gasteiger partial charge in [0.1, 0.15) is 11.5 Å². The number of nitrogens with one attached hydrogen (secondary N) is 2. The maximum atomic E-state index is 12.6. The van der Waals surface area contributed by atoms with Crippen LogP contribution in [0.1, 0.15) is 32.7 Å². The van der Waals surface area contributed by atoms with Crippen molar-refractivity contribution in [1.29, 1.82) is 0 Å². The highest BCUT2D eigenvalue weighted by atomic mass is 32.1. The second kappa shape index (κ2) is 9.61. The molecule has 31 heavy (non-hydrogen) atoms. The average Bonchev–Trinajstić information content (AvgIpc) is 3.16. The molecule has 3 aromatic rings. The van der Waals surface area contributed by atoms with Crippen LogP contribution in [-0.4, -0.2) is 31.0 Å². The molecule has 0 fully saturated rings. The fourth-order valence-corrected chi connectivity index (χ4v) is 3.98. The third-order valence-electron chi connectivity index (χ3n) is 4.67. The second-order valence-electron chi connectivity index (χ2n) is 7.20. The van der Waals surface area contributed by atoms with E-state index in [0.29, 0.717) is 27.9 Å². The number of methoxy groups -OCH3 is 2. The van der Waals surface area contributed by atoms with Gasteiger partial charge in [0.15, 0.2) is 5.13 Å². The predicted octanol–water partition coefficient (Wildman–Crippen LogP) is 4.52. The molecule has 0 spiro atoms. The van der Waals surface area contributed by atoms with Gasteiger partial charge in [0.25, 0.3) is 5.91 Å². The first-order valence-corrected chi connectivity index (χ1v) is 10.5. The maximum absolute atomic E-state index is 12.6. The summed E-state index contributed by atoms with van der Waals surface area (Å²) in [5.74, 6) is 0.537. The Labute approximate surface area is 185 Å². The number of hydrogen-bond acceptors (Lipinski definition) is 6. The van der Waals surface area contributed by atoms with Crippen LogP contribution in [0.15, 0.2) is 35.7 Å². The van der Waals surface area contributed by atoms with E-state index in [1.54, 1.807) is 23.6 Å². The average molecular weight is 440 g/mol. The van der Waals surface area contributed by atoms with Crippen LogP contribution in [0.3, 0.4) is 0 Å². The Kier molecular flexibility index (Phi) is 6.91. The first-order chi connectivity index (χ1) is 14.8. The van der Waals surface area contributed by atoms with Crippen LogP contribution < -0.4 is 20.1 Å². The van der Waals surface area contributed by atoms with Crippen LogP contribution in [0.5, 0.6) is 11.5 Å². The summed E-state index contributed by atoms with van der Waals surface area (Å²) >= 11 is 1.26. The molecule has 8 heteroatoms. The van der Waals surface area contributed by atoms with Crippen molar-refractivity contribution in [3.63, 3.8) is 0 Å². The number of rotatable bonds is 7. The molecule has 0 aliphatic rings. The minimum atomic E-state index is -0.339. The largest absolute Gasteiger partial charge is 0.497 e. The second-order valence-corrected chi connectivity index (χ2v) is 8.06. The smallest absolute Gasteiger partial charge is 0.257 e. The summed E-state index contributed by atoms with van der Waals surface area (Å²) in [4.78, 5) is 29.5. The number of aryl methyl sites for hydroxylation is 3. The topological polar surface area (TPSA) is 89.6 Å². The first-order valence-electron chi connectivity index (χ1n) is 9.65. The van der Waals surface area contributed by atoms with Crippen molar-refractivity contribution >= 4 is 34.0 Å². The van der Waals surface area contributed by atoms with E-state index in [2.05, 4.69) is 15.6 Å². The van der Waals surface area contributed by atoms with Gasteiger partial charge in [-0.15, -0.1) is 11.3 Å². The Balaban J connectivity index is 1.65. The Bertz CT molecular complexity index is 1080. The van der Waals surface area contributed by atoms with E-state index in [1.807, 2.05) is 32.9 Å². The van der Waals surface area contributed by atoms with Gasteiger partial charge in [-0.1, -0.05) is 17.7 Å². The van der Waals surface area contributed by atoms with E-state index in [0.717, 1.165) is 22.4 Å². The van der Waals surface area contributed by atoms with Crippen molar-refractivity contribution in [3.05, 3.63) is 63.7 Å². The van der Waals surface area contributed by atoms with E-state index in [1.165, 1.54) is 25.6 Å². The van der Waals surface area contributed by atoms with Gasteiger partial charge in [0.05, 0.1) is 26.3 Å². The summed E-state index contributed by atoms with van der Waals surface area (Å²) in [6.45, 7) is 5.97. The highest BCUT2D eigenvalue weighted by Gasteiger charge is 2.14. The monoisotopic (exact) mass is 439 g/mol. The van der Waals surface area contributed by atoms with Crippen molar-refractivity contribution < 1.29 is 19.1 Å². The zero-order chi connectivity index (χ0) is 22.5. The summed E-state index contributed by atoms with van der Waals surface area (Å²) in [6.07, 6.45) is 0.117. The number of benzene rings is 2. The fourth-order valence-electron chi connectivity index (χ4n) is 3.28. The van der Waals surface area contributed by atoms with Crippen molar-refractivity contribution in [2.24, 2.45) is 0 Å². The standard InChI is InChI=1S/C23H25N3O4S/c1-13-6-14(2)21(15(3)7-13)25-20(27)10-17-12-31-23(24-17)26-22(28)16-8-18(29-4)11-19(9-16)30-5/h6-9,11-12H,10H2,1-5H3,(H,25,27)(H,24,26,28). The summed E-state index contributed by atoms with van der Waals surface area (Å²) in [7, 11) is 3.04. The minimum absolute atomic E-state index is 0.117. The van der Waals surface area contributed by atoms with Crippen LogP contribution >= 0.6 is 11.3 Å². The minimum Gasteiger partial charge on any atom is -0.497 e. The van der Waals surface area contributed by atoms with Crippen LogP contribution in [-0.2, 0) is 11.2 Å².